The number of halogens is 1. The van der Waals surface area contributed by atoms with Crippen LogP contribution in [0.3, 0.4) is 0 Å². The summed E-state index contributed by atoms with van der Waals surface area (Å²) in [6, 6.07) is 17.7. The van der Waals surface area contributed by atoms with E-state index in [0.29, 0.717) is 12.3 Å². The van der Waals surface area contributed by atoms with Crippen LogP contribution in [0.25, 0.3) is 10.8 Å². The molecule has 180 valence electrons. The Morgan fingerprint density at radius 3 is 2.35 bits per heavy atom. The number of aromatic hydroxyl groups is 1. The van der Waals surface area contributed by atoms with Crippen molar-refractivity contribution >= 4 is 10.8 Å². The number of rotatable bonds is 6. The summed E-state index contributed by atoms with van der Waals surface area (Å²) in [5, 5.41) is 16.3. The topological polar surface area (TPSA) is 38.7 Å². The van der Waals surface area contributed by atoms with Gasteiger partial charge in [-0.25, -0.2) is 4.39 Å². The summed E-state index contributed by atoms with van der Waals surface area (Å²) >= 11 is 0. The Labute approximate surface area is 202 Å². The Hall–Kier alpha value is -2.47. The zero-order chi connectivity index (χ0) is 23.5. The van der Waals surface area contributed by atoms with Crippen molar-refractivity contribution in [2.24, 2.45) is 0 Å². The smallest absolute Gasteiger partial charge is 0.128 e. The first kappa shape index (κ1) is 23.3. The van der Waals surface area contributed by atoms with Gasteiger partial charge in [0.1, 0.15) is 11.6 Å². The Bertz CT molecular complexity index is 1130. The number of phenols is 1. The Morgan fingerprint density at radius 1 is 0.912 bits per heavy atom. The molecule has 3 aromatic carbocycles. The maximum Gasteiger partial charge on any atom is 0.128 e. The van der Waals surface area contributed by atoms with Gasteiger partial charge in [0.15, 0.2) is 0 Å². The molecule has 34 heavy (non-hydrogen) atoms. The van der Waals surface area contributed by atoms with Crippen LogP contribution >= 0.6 is 0 Å². The molecule has 0 atom stereocenters. The number of fused-ring (bicyclic) bond motifs is 1. The highest BCUT2D eigenvalue weighted by Gasteiger charge is 2.36. The minimum absolute atomic E-state index is 0.116. The third kappa shape index (κ3) is 4.97. The molecule has 2 aliphatic rings. The van der Waals surface area contributed by atoms with Crippen molar-refractivity contribution in [3.63, 3.8) is 0 Å². The summed E-state index contributed by atoms with van der Waals surface area (Å²) < 4.78 is 15.4. The summed E-state index contributed by atoms with van der Waals surface area (Å²) in [5.41, 5.74) is 2.54. The second-order valence-electron chi connectivity index (χ2n) is 10.2. The Morgan fingerprint density at radius 2 is 1.62 bits per heavy atom. The highest BCUT2D eigenvalue weighted by Crippen LogP contribution is 2.40. The number of piperazine rings is 1. The molecule has 0 spiro atoms. The molecule has 0 bridgehead atoms. The molecule has 1 aliphatic carbocycles. The van der Waals surface area contributed by atoms with Crippen molar-refractivity contribution in [1.82, 2.24) is 15.1 Å². The molecule has 0 radical (unpaired) electrons. The van der Waals surface area contributed by atoms with Crippen molar-refractivity contribution in [3.8, 4) is 5.75 Å². The average Bonchev–Trinajstić information content (AvgIpc) is 2.86. The number of hydrogen-bond acceptors (Lipinski definition) is 4. The monoisotopic (exact) mass is 461 g/mol. The largest absolute Gasteiger partial charge is 0.508 e. The fourth-order valence-corrected chi connectivity index (χ4v) is 5.67. The predicted molar refractivity (Wildman–Crippen MR) is 136 cm³/mol. The van der Waals surface area contributed by atoms with Gasteiger partial charge in [0.05, 0.1) is 0 Å². The van der Waals surface area contributed by atoms with Gasteiger partial charge < -0.3 is 15.3 Å². The molecule has 4 nitrogen and oxygen atoms in total. The summed E-state index contributed by atoms with van der Waals surface area (Å²) in [6.07, 6.45) is 5.28. The number of benzene rings is 3. The summed E-state index contributed by atoms with van der Waals surface area (Å²) in [5.74, 6) is 0.241. The molecule has 1 saturated carbocycles. The number of nitrogens with zero attached hydrogens (tertiary/aromatic N) is 2. The number of phenolic OH excluding ortho intramolecular Hbond substituents is 1. The summed E-state index contributed by atoms with van der Waals surface area (Å²) in [6.45, 7) is 5.56. The van der Waals surface area contributed by atoms with Crippen LogP contribution in [-0.2, 0) is 18.6 Å². The van der Waals surface area contributed by atoms with Gasteiger partial charge in [-0.05, 0) is 60.5 Å². The summed E-state index contributed by atoms with van der Waals surface area (Å²) in [7, 11) is 2.15. The lowest BCUT2D eigenvalue weighted by molar-refractivity contribution is 0.147. The van der Waals surface area contributed by atoms with Crippen molar-refractivity contribution in [2.75, 3.05) is 33.2 Å². The maximum absolute atomic E-state index is 15.4. The number of likely N-dealkylation sites (N-methyl/N-ethyl adjacent to an activating group) is 1. The van der Waals surface area contributed by atoms with Crippen LogP contribution in [0, 0.1) is 5.82 Å². The van der Waals surface area contributed by atoms with Crippen LogP contribution in [-0.4, -0.2) is 48.1 Å². The van der Waals surface area contributed by atoms with Crippen molar-refractivity contribution in [3.05, 3.63) is 77.1 Å². The van der Waals surface area contributed by atoms with Gasteiger partial charge in [-0.1, -0.05) is 49.6 Å². The molecule has 0 aromatic heterocycles. The predicted octanol–water partition coefficient (Wildman–Crippen LogP) is 5.38. The first-order chi connectivity index (χ1) is 16.5. The third-order valence-electron chi connectivity index (χ3n) is 7.82. The van der Waals surface area contributed by atoms with Crippen LogP contribution in [0.1, 0.15) is 48.8 Å². The van der Waals surface area contributed by atoms with Gasteiger partial charge in [0, 0.05) is 55.9 Å². The normalized spacial score (nSPS) is 19.5. The van der Waals surface area contributed by atoms with Crippen molar-refractivity contribution in [2.45, 2.75) is 50.7 Å². The molecule has 0 amide bonds. The van der Waals surface area contributed by atoms with E-state index in [9.17, 15) is 5.11 Å². The first-order valence-electron chi connectivity index (χ1n) is 12.7. The highest BCUT2D eigenvalue weighted by atomic mass is 19.1. The first-order valence-corrected chi connectivity index (χ1v) is 12.7. The molecule has 1 saturated heterocycles. The van der Waals surface area contributed by atoms with Crippen LogP contribution in [0.2, 0.25) is 0 Å². The van der Waals surface area contributed by atoms with Crippen molar-refractivity contribution in [1.29, 1.82) is 0 Å². The quantitative estimate of drug-likeness (QED) is 0.517. The molecule has 1 heterocycles. The summed E-state index contributed by atoms with van der Waals surface area (Å²) in [4.78, 5) is 4.74. The maximum atomic E-state index is 15.4. The van der Waals surface area contributed by atoms with E-state index in [-0.39, 0.29) is 11.4 Å². The SMILES string of the molecule is CN1CCN(Cc2cc(CNC3(c4cc5ccccc5cc4F)CCCCC3)ccc2O)CC1. The minimum Gasteiger partial charge on any atom is -0.508 e. The van der Waals surface area contributed by atoms with E-state index in [4.69, 9.17) is 0 Å². The zero-order valence-corrected chi connectivity index (χ0v) is 20.2. The van der Waals surface area contributed by atoms with E-state index in [1.165, 1.54) is 6.42 Å². The fraction of sp³-hybridized carbons (Fsp3) is 0.448. The van der Waals surface area contributed by atoms with E-state index < -0.39 is 0 Å². The van der Waals surface area contributed by atoms with Crippen LogP contribution in [0.15, 0.2) is 54.6 Å². The second kappa shape index (κ2) is 10.0. The highest BCUT2D eigenvalue weighted by molar-refractivity contribution is 5.83. The molecule has 0 unspecified atom stereocenters. The zero-order valence-electron chi connectivity index (χ0n) is 20.2. The lowest BCUT2D eigenvalue weighted by Gasteiger charge is -2.39. The Balaban J connectivity index is 1.37. The third-order valence-corrected chi connectivity index (χ3v) is 7.82. The average molecular weight is 462 g/mol. The molecule has 5 rings (SSSR count). The van der Waals surface area contributed by atoms with Crippen molar-refractivity contribution < 1.29 is 9.50 Å². The van der Waals surface area contributed by atoms with Gasteiger partial charge >= 0.3 is 0 Å². The molecule has 5 heteroatoms. The lowest BCUT2D eigenvalue weighted by Crippen LogP contribution is -2.44. The van der Waals surface area contributed by atoms with Gasteiger partial charge in [-0.3, -0.25) is 4.90 Å². The fourth-order valence-electron chi connectivity index (χ4n) is 5.67. The van der Waals surface area contributed by atoms with E-state index in [0.717, 1.165) is 85.9 Å². The molecule has 2 fully saturated rings. The Kier molecular flexibility index (Phi) is 6.87. The van der Waals surface area contributed by atoms with Gasteiger partial charge in [0.2, 0.25) is 0 Å². The van der Waals surface area contributed by atoms with Gasteiger partial charge in [-0.15, -0.1) is 0 Å². The molecular weight excluding hydrogens is 425 g/mol. The van der Waals surface area contributed by atoms with E-state index in [1.807, 2.05) is 30.3 Å². The van der Waals surface area contributed by atoms with Crippen LogP contribution in [0.5, 0.6) is 5.75 Å². The van der Waals surface area contributed by atoms with E-state index >= 15 is 4.39 Å². The molecule has 1 aliphatic heterocycles. The molecule has 3 aromatic rings. The van der Waals surface area contributed by atoms with E-state index in [2.05, 4.69) is 40.4 Å². The van der Waals surface area contributed by atoms with Crippen LogP contribution < -0.4 is 5.32 Å². The minimum atomic E-state index is -0.359. The standard InChI is InChI=1S/C29H36FN3O/c1-32-13-15-33(16-14-32)21-25-17-22(9-10-28(25)34)20-31-29(11-5-2-6-12-29)26-18-23-7-3-4-8-24(23)19-27(26)30/h3-4,7-10,17-19,31,34H,2,5-6,11-16,20-21H2,1H3. The number of hydrogen-bond donors (Lipinski definition) is 2. The lowest BCUT2D eigenvalue weighted by atomic mass is 9.75. The molecular formula is C29H36FN3O. The van der Waals surface area contributed by atoms with E-state index in [1.54, 1.807) is 6.07 Å². The van der Waals surface area contributed by atoms with Gasteiger partial charge in [-0.2, -0.15) is 0 Å². The molecule has 2 N–H and O–H groups in total. The second-order valence-corrected chi connectivity index (χ2v) is 10.2. The number of nitrogens with one attached hydrogen (secondary N) is 1. The van der Waals surface area contributed by atoms with Crippen LogP contribution in [0.4, 0.5) is 4.39 Å². The van der Waals surface area contributed by atoms with Gasteiger partial charge in [0.25, 0.3) is 0 Å².